The van der Waals surface area contributed by atoms with Gasteiger partial charge in [-0.05, 0) is 29.2 Å². The molecule has 2 rings (SSSR count). The van der Waals surface area contributed by atoms with Crippen LogP contribution in [0.3, 0.4) is 0 Å². The van der Waals surface area contributed by atoms with E-state index in [1.54, 1.807) is 12.1 Å². The van der Waals surface area contributed by atoms with Crippen LogP contribution in [0.5, 0.6) is 5.75 Å². The van der Waals surface area contributed by atoms with Crippen LogP contribution in [0.4, 0.5) is 8.78 Å². The summed E-state index contributed by atoms with van der Waals surface area (Å²) in [5.41, 5.74) is 1.91. The quantitative estimate of drug-likeness (QED) is 0.844. The molecule has 5 heteroatoms. The number of carbonyl (C=O) groups excluding carboxylic acids is 1. The average Bonchev–Trinajstić information content (AvgIpc) is 2.55. The van der Waals surface area contributed by atoms with Gasteiger partial charge in [0.25, 0.3) is 0 Å². The molecule has 1 unspecified atom stereocenters. The van der Waals surface area contributed by atoms with Crippen molar-refractivity contribution in [2.24, 2.45) is 0 Å². The maximum atomic E-state index is 12.1. The number of halogens is 2. The molecule has 1 amide bonds. The number of benzene rings is 2. The summed E-state index contributed by atoms with van der Waals surface area (Å²) < 4.78 is 28.4. The van der Waals surface area contributed by atoms with Gasteiger partial charge in [-0.25, -0.2) is 0 Å². The Labute approximate surface area is 134 Å². The number of hydrogen-bond acceptors (Lipinski definition) is 2. The number of alkyl halides is 2. The molecule has 0 fully saturated rings. The van der Waals surface area contributed by atoms with Crippen LogP contribution in [0.2, 0.25) is 0 Å². The molecule has 23 heavy (non-hydrogen) atoms. The molecule has 0 aromatic heterocycles. The molecular weight excluding hydrogens is 300 g/mol. The monoisotopic (exact) mass is 319 g/mol. The molecule has 0 saturated heterocycles. The Morgan fingerprint density at radius 3 is 2.35 bits per heavy atom. The van der Waals surface area contributed by atoms with Gasteiger partial charge in [0, 0.05) is 6.54 Å². The fourth-order valence-electron chi connectivity index (χ4n) is 2.20. The second-order valence-corrected chi connectivity index (χ2v) is 5.32. The van der Waals surface area contributed by atoms with Gasteiger partial charge < -0.3 is 10.1 Å². The average molecular weight is 319 g/mol. The molecule has 0 saturated carbocycles. The number of nitrogens with one attached hydrogen (secondary N) is 1. The number of hydrogen-bond donors (Lipinski definition) is 1. The van der Waals surface area contributed by atoms with Crippen molar-refractivity contribution in [1.29, 1.82) is 0 Å². The lowest BCUT2D eigenvalue weighted by Crippen LogP contribution is -2.28. The van der Waals surface area contributed by atoms with Crippen molar-refractivity contribution in [1.82, 2.24) is 5.32 Å². The molecule has 2 aromatic carbocycles. The van der Waals surface area contributed by atoms with Gasteiger partial charge in [-0.1, -0.05) is 49.4 Å². The lowest BCUT2D eigenvalue weighted by molar-refractivity contribution is -0.120. The minimum absolute atomic E-state index is 0.0851. The third-order valence-electron chi connectivity index (χ3n) is 3.49. The highest BCUT2D eigenvalue weighted by atomic mass is 19.3. The largest absolute Gasteiger partial charge is 0.435 e. The second-order valence-electron chi connectivity index (χ2n) is 5.32. The Morgan fingerprint density at radius 1 is 1.09 bits per heavy atom. The highest BCUT2D eigenvalue weighted by Crippen LogP contribution is 2.16. The minimum Gasteiger partial charge on any atom is -0.435 e. The van der Waals surface area contributed by atoms with E-state index in [4.69, 9.17) is 0 Å². The van der Waals surface area contributed by atoms with Crippen molar-refractivity contribution >= 4 is 5.91 Å². The first-order valence-electron chi connectivity index (χ1n) is 7.40. The highest BCUT2D eigenvalue weighted by molar-refractivity contribution is 5.78. The summed E-state index contributed by atoms with van der Waals surface area (Å²) >= 11 is 0. The zero-order valence-electron chi connectivity index (χ0n) is 12.8. The normalized spacial score (nSPS) is 12.0. The van der Waals surface area contributed by atoms with E-state index in [1.807, 2.05) is 37.3 Å². The maximum absolute atomic E-state index is 12.1. The zero-order valence-corrected chi connectivity index (χ0v) is 12.8. The summed E-state index contributed by atoms with van der Waals surface area (Å²) in [6.45, 7) is -0.245. The molecule has 0 bridgehead atoms. The number of rotatable bonds is 7. The Balaban J connectivity index is 1.80. The van der Waals surface area contributed by atoms with E-state index in [-0.39, 0.29) is 24.0 Å². The van der Waals surface area contributed by atoms with Crippen LogP contribution >= 0.6 is 0 Å². The molecule has 0 radical (unpaired) electrons. The van der Waals surface area contributed by atoms with E-state index in [1.165, 1.54) is 17.7 Å². The van der Waals surface area contributed by atoms with Crippen LogP contribution in [-0.2, 0) is 11.2 Å². The smallest absolute Gasteiger partial charge is 0.387 e. The lowest BCUT2D eigenvalue weighted by Gasteiger charge is -2.13. The van der Waals surface area contributed by atoms with Gasteiger partial charge in [0.2, 0.25) is 5.91 Å². The molecular formula is C18H19F2NO2. The number of carbonyl (C=O) groups is 1. The second kappa shape index (κ2) is 8.27. The van der Waals surface area contributed by atoms with Crippen molar-refractivity contribution in [3.8, 4) is 5.75 Å². The van der Waals surface area contributed by atoms with Crippen LogP contribution in [-0.4, -0.2) is 19.1 Å². The molecule has 1 N–H and O–H groups in total. The molecule has 0 aliphatic carbocycles. The van der Waals surface area contributed by atoms with Gasteiger partial charge in [0.1, 0.15) is 5.75 Å². The first-order chi connectivity index (χ1) is 11.0. The summed E-state index contributed by atoms with van der Waals surface area (Å²) in [5.74, 6) is 0.208. The van der Waals surface area contributed by atoms with E-state index >= 15 is 0 Å². The van der Waals surface area contributed by atoms with Gasteiger partial charge in [0.15, 0.2) is 0 Å². The van der Waals surface area contributed by atoms with E-state index in [9.17, 15) is 13.6 Å². The third kappa shape index (κ3) is 5.70. The molecule has 3 nitrogen and oxygen atoms in total. The Hall–Kier alpha value is -2.43. The third-order valence-corrected chi connectivity index (χ3v) is 3.49. The molecule has 0 aliphatic rings. The lowest BCUT2D eigenvalue weighted by atomic mass is 10.0. The molecule has 0 spiro atoms. The Kier molecular flexibility index (Phi) is 6.09. The van der Waals surface area contributed by atoms with Gasteiger partial charge in [-0.2, -0.15) is 8.78 Å². The van der Waals surface area contributed by atoms with Gasteiger partial charge in [0.05, 0.1) is 6.42 Å². The van der Waals surface area contributed by atoms with E-state index in [0.717, 1.165) is 5.56 Å². The van der Waals surface area contributed by atoms with E-state index in [2.05, 4.69) is 10.1 Å². The standard InChI is InChI=1S/C18H19F2NO2/c1-13(15-5-3-2-4-6-15)12-21-17(22)11-14-7-9-16(10-8-14)23-18(19)20/h2-10,13,18H,11-12H2,1H3,(H,21,22). The summed E-state index contributed by atoms with van der Waals surface area (Å²) in [5, 5.41) is 2.89. The van der Waals surface area contributed by atoms with Crippen molar-refractivity contribution in [2.75, 3.05) is 6.54 Å². The van der Waals surface area contributed by atoms with Gasteiger partial charge >= 0.3 is 6.61 Å². The van der Waals surface area contributed by atoms with Crippen LogP contribution < -0.4 is 10.1 Å². The van der Waals surface area contributed by atoms with E-state index < -0.39 is 6.61 Å². The zero-order chi connectivity index (χ0) is 16.7. The SMILES string of the molecule is CC(CNC(=O)Cc1ccc(OC(F)F)cc1)c1ccccc1. The van der Waals surface area contributed by atoms with Crippen LogP contribution in [0.15, 0.2) is 54.6 Å². The Morgan fingerprint density at radius 2 is 1.74 bits per heavy atom. The van der Waals surface area contributed by atoms with E-state index in [0.29, 0.717) is 6.54 Å². The molecule has 1 atom stereocenters. The highest BCUT2D eigenvalue weighted by Gasteiger charge is 2.09. The van der Waals surface area contributed by atoms with Crippen LogP contribution in [0.25, 0.3) is 0 Å². The molecule has 122 valence electrons. The molecule has 0 aliphatic heterocycles. The summed E-state index contributed by atoms with van der Waals surface area (Å²) in [6.07, 6.45) is 0.205. The number of amides is 1. The van der Waals surface area contributed by atoms with Gasteiger partial charge in [-0.3, -0.25) is 4.79 Å². The van der Waals surface area contributed by atoms with Crippen molar-refractivity contribution < 1.29 is 18.3 Å². The summed E-state index contributed by atoms with van der Waals surface area (Å²) in [6, 6.07) is 16.0. The van der Waals surface area contributed by atoms with Crippen molar-refractivity contribution in [3.05, 3.63) is 65.7 Å². The van der Waals surface area contributed by atoms with Crippen molar-refractivity contribution in [2.45, 2.75) is 25.9 Å². The first kappa shape index (κ1) is 16.9. The van der Waals surface area contributed by atoms with Crippen molar-refractivity contribution in [3.63, 3.8) is 0 Å². The fourth-order valence-corrected chi connectivity index (χ4v) is 2.20. The van der Waals surface area contributed by atoms with Gasteiger partial charge in [-0.15, -0.1) is 0 Å². The molecule has 0 heterocycles. The first-order valence-corrected chi connectivity index (χ1v) is 7.40. The van der Waals surface area contributed by atoms with Crippen LogP contribution in [0, 0.1) is 0 Å². The maximum Gasteiger partial charge on any atom is 0.387 e. The number of ether oxygens (including phenoxy) is 1. The molecule has 2 aromatic rings. The predicted molar refractivity (Wildman–Crippen MR) is 84.6 cm³/mol. The summed E-state index contributed by atoms with van der Waals surface area (Å²) in [4.78, 5) is 11.9. The predicted octanol–water partition coefficient (Wildman–Crippen LogP) is 3.75. The summed E-state index contributed by atoms with van der Waals surface area (Å²) in [7, 11) is 0. The topological polar surface area (TPSA) is 38.3 Å². The fraction of sp³-hybridized carbons (Fsp3) is 0.278. The van der Waals surface area contributed by atoms with Crippen LogP contribution in [0.1, 0.15) is 24.0 Å². The minimum atomic E-state index is -2.84. The Bertz CT molecular complexity index is 615.